The number of rotatable bonds is 3. The molecule has 0 saturated carbocycles. The number of para-hydroxylation sites is 1. The average Bonchev–Trinajstić information content (AvgIpc) is 2.35. The average molecular weight is 264 g/mol. The number of nitro groups is 1. The minimum absolute atomic E-state index is 0.0792. The molecule has 2 rings (SSSR count). The van der Waals surface area contributed by atoms with Gasteiger partial charge < -0.3 is 10.5 Å². The third-order valence-corrected chi connectivity index (χ3v) is 2.32. The smallest absolute Gasteiger partial charge is 0.311 e. The standard InChI is InChI=1S/C11H9FN4O3/c1-6-3-2-4-8(16(17)18)9(6)19-10-7(12)5-14-11(13)15-10/h2-5H,1H3,(H2,13,14,15). The molecule has 0 fully saturated rings. The zero-order chi connectivity index (χ0) is 14.0. The summed E-state index contributed by atoms with van der Waals surface area (Å²) in [7, 11) is 0. The van der Waals surface area contributed by atoms with Crippen LogP contribution in [0.1, 0.15) is 5.56 Å². The van der Waals surface area contributed by atoms with Crippen LogP contribution >= 0.6 is 0 Å². The van der Waals surface area contributed by atoms with Gasteiger partial charge in [-0.3, -0.25) is 10.1 Å². The number of benzene rings is 1. The monoisotopic (exact) mass is 264 g/mol. The van der Waals surface area contributed by atoms with Gasteiger partial charge in [-0.15, -0.1) is 0 Å². The van der Waals surface area contributed by atoms with Crippen LogP contribution < -0.4 is 10.5 Å². The Morgan fingerprint density at radius 3 is 2.89 bits per heavy atom. The number of nitrogens with zero attached hydrogens (tertiary/aromatic N) is 3. The first kappa shape index (κ1) is 12.7. The van der Waals surface area contributed by atoms with Gasteiger partial charge >= 0.3 is 5.69 Å². The van der Waals surface area contributed by atoms with Gasteiger partial charge in [0.25, 0.3) is 5.88 Å². The van der Waals surface area contributed by atoms with E-state index in [9.17, 15) is 14.5 Å². The van der Waals surface area contributed by atoms with Crippen LogP contribution in [0.5, 0.6) is 11.6 Å². The molecule has 0 aliphatic heterocycles. The summed E-state index contributed by atoms with van der Waals surface area (Å²) >= 11 is 0. The van der Waals surface area contributed by atoms with Gasteiger partial charge in [0.05, 0.1) is 11.1 Å². The molecule has 0 bridgehead atoms. The normalized spacial score (nSPS) is 10.2. The van der Waals surface area contributed by atoms with Crippen molar-refractivity contribution in [3.8, 4) is 11.6 Å². The van der Waals surface area contributed by atoms with Crippen molar-refractivity contribution in [2.24, 2.45) is 0 Å². The van der Waals surface area contributed by atoms with Gasteiger partial charge in [0.15, 0.2) is 0 Å². The highest BCUT2D eigenvalue weighted by atomic mass is 19.1. The van der Waals surface area contributed by atoms with Crippen LogP contribution in [0, 0.1) is 22.9 Å². The van der Waals surface area contributed by atoms with Crippen LogP contribution in [0.15, 0.2) is 24.4 Å². The van der Waals surface area contributed by atoms with E-state index in [1.165, 1.54) is 12.1 Å². The second kappa shape index (κ2) is 4.84. The van der Waals surface area contributed by atoms with Gasteiger partial charge in [-0.2, -0.15) is 9.37 Å². The van der Waals surface area contributed by atoms with E-state index in [0.29, 0.717) is 5.56 Å². The molecule has 0 aliphatic rings. The Balaban J connectivity index is 2.49. The molecule has 0 spiro atoms. The Kier molecular flexibility index (Phi) is 3.23. The Hall–Kier alpha value is -2.77. The van der Waals surface area contributed by atoms with Crippen LogP contribution in [0.3, 0.4) is 0 Å². The molecule has 0 radical (unpaired) electrons. The molecule has 0 saturated heterocycles. The predicted octanol–water partition coefficient (Wildman–Crippen LogP) is 2.21. The number of nitrogens with two attached hydrogens (primary N) is 1. The van der Waals surface area contributed by atoms with Crippen molar-refractivity contribution in [2.75, 3.05) is 5.73 Å². The van der Waals surface area contributed by atoms with Crippen LogP contribution in [0.25, 0.3) is 0 Å². The van der Waals surface area contributed by atoms with E-state index in [4.69, 9.17) is 10.5 Å². The number of aromatic nitrogens is 2. The SMILES string of the molecule is Cc1cccc([N+](=O)[O-])c1Oc1nc(N)ncc1F. The van der Waals surface area contributed by atoms with E-state index in [1.54, 1.807) is 13.0 Å². The number of aryl methyl sites for hydroxylation is 1. The molecular formula is C11H9FN4O3. The van der Waals surface area contributed by atoms with E-state index in [-0.39, 0.29) is 17.4 Å². The lowest BCUT2D eigenvalue weighted by Crippen LogP contribution is -2.02. The highest BCUT2D eigenvalue weighted by molar-refractivity contribution is 5.52. The second-order valence-corrected chi connectivity index (χ2v) is 3.66. The van der Waals surface area contributed by atoms with Crippen molar-refractivity contribution in [3.05, 3.63) is 45.9 Å². The Morgan fingerprint density at radius 1 is 1.47 bits per heavy atom. The first-order valence-corrected chi connectivity index (χ1v) is 5.19. The lowest BCUT2D eigenvalue weighted by Gasteiger charge is -2.08. The molecule has 7 nitrogen and oxygen atoms in total. The number of hydrogen-bond donors (Lipinski definition) is 1. The van der Waals surface area contributed by atoms with Gasteiger partial charge in [0.1, 0.15) is 0 Å². The predicted molar refractivity (Wildman–Crippen MR) is 64.3 cm³/mol. The summed E-state index contributed by atoms with van der Waals surface area (Å²) in [6.07, 6.45) is 0.835. The largest absolute Gasteiger partial charge is 0.429 e. The van der Waals surface area contributed by atoms with Gasteiger partial charge in [-0.1, -0.05) is 12.1 Å². The third kappa shape index (κ3) is 2.57. The molecule has 19 heavy (non-hydrogen) atoms. The maximum absolute atomic E-state index is 13.4. The zero-order valence-corrected chi connectivity index (χ0v) is 9.83. The Morgan fingerprint density at radius 2 is 2.21 bits per heavy atom. The quantitative estimate of drug-likeness (QED) is 0.673. The molecule has 1 aromatic heterocycles. The lowest BCUT2D eigenvalue weighted by atomic mass is 10.2. The molecule has 2 aromatic rings. The summed E-state index contributed by atoms with van der Waals surface area (Å²) in [5.41, 5.74) is 5.51. The summed E-state index contributed by atoms with van der Waals surface area (Å²) in [5.74, 6) is -1.58. The fraction of sp³-hybridized carbons (Fsp3) is 0.0909. The number of ether oxygens (including phenoxy) is 1. The highest BCUT2D eigenvalue weighted by Gasteiger charge is 2.20. The molecule has 0 amide bonds. The topological polar surface area (TPSA) is 104 Å². The van der Waals surface area contributed by atoms with Crippen molar-refractivity contribution in [2.45, 2.75) is 6.92 Å². The van der Waals surface area contributed by atoms with E-state index in [2.05, 4.69) is 9.97 Å². The first-order chi connectivity index (χ1) is 8.99. The van der Waals surface area contributed by atoms with Crippen molar-refractivity contribution in [1.82, 2.24) is 9.97 Å². The fourth-order valence-corrected chi connectivity index (χ4v) is 1.45. The summed E-state index contributed by atoms with van der Waals surface area (Å²) in [6.45, 7) is 1.60. The molecule has 1 heterocycles. The maximum atomic E-state index is 13.4. The highest BCUT2D eigenvalue weighted by Crippen LogP contribution is 2.34. The maximum Gasteiger partial charge on any atom is 0.311 e. The van der Waals surface area contributed by atoms with Crippen LogP contribution in [-0.4, -0.2) is 14.9 Å². The molecule has 1 aromatic carbocycles. The fourth-order valence-electron chi connectivity index (χ4n) is 1.45. The summed E-state index contributed by atoms with van der Waals surface area (Å²) in [5, 5.41) is 10.9. The van der Waals surface area contributed by atoms with Crippen LogP contribution in [-0.2, 0) is 0 Å². The van der Waals surface area contributed by atoms with E-state index in [1.807, 2.05) is 0 Å². The van der Waals surface area contributed by atoms with Gasteiger partial charge in [0, 0.05) is 6.07 Å². The van der Waals surface area contributed by atoms with Gasteiger partial charge in [0.2, 0.25) is 17.5 Å². The number of halogens is 1. The van der Waals surface area contributed by atoms with Crippen molar-refractivity contribution in [3.63, 3.8) is 0 Å². The number of nitro benzene ring substituents is 1. The first-order valence-electron chi connectivity index (χ1n) is 5.19. The summed E-state index contributed by atoms with van der Waals surface area (Å²) < 4.78 is 18.6. The number of nitrogen functional groups attached to an aromatic ring is 1. The third-order valence-electron chi connectivity index (χ3n) is 2.32. The van der Waals surface area contributed by atoms with Gasteiger partial charge in [-0.05, 0) is 12.5 Å². The van der Waals surface area contributed by atoms with Crippen molar-refractivity contribution < 1.29 is 14.1 Å². The summed E-state index contributed by atoms with van der Waals surface area (Å²) in [4.78, 5) is 17.3. The summed E-state index contributed by atoms with van der Waals surface area (Å²) in [6, 6.07) is 4.36. The molecular weight excluding hydrogens is 255 g/mol. The molecule has 2 N–H and O–H groups in total. The minimum atomic E-state index is -0.855. The van der Waals surface area contributed by atoms with Crippen LogP contribution in [0.2, 0.25) is 0 Å². The van der Waals surface area contributed by atoms with Crippen LogP contribution in [0.4, 0.5) is 16.0 Å². The molecule has 8 heteroatoms. The zero-order valence-electron chi connectivity index (χ0n) is 9.83. The van der Waals surface area contributed by atoms with E-state index >= 15 is 0 Å². The van der Waals surface area contributed by atoms with Crippen molar-refractivity contribution >= 4 is 11.6 Å². The Labute approximate surface area is 107 Å². The Bertz CT molecular complexity index is 648. The van der Waals surface area contributed by atoms with Gasteiger partial charge in [-0.25, -0.2) is 4.98 Å². The minimum Gasteiger partial charge on any atom is -0.429 e. The molecule has 0 aliphatic carbocycles. The molecule has 0 unspecified atom stereocenters. The number of hydrogen-bond acceptors (Lipinski definition) is 6. The molecule has 98 valence electrons. The van der Waals surface area contributed by atoms with E-state index < -0.39 is 16.6 Å². The number of anilines is 1. The lowest BCUT2D eigenvalue weighted by molar-refractivity contribution is -0.385. The van der Waals surface area contributed by atoms with Crippen molar-refractivity contribution in [1.29, 1.82) is 0 Å². The van der Waals surface area contributed by atoms with E-state index in [0.717, 1.165) is 6.20 Å². The second-order valence-electron chi connectivity index (χ2n) is 3.66. The molecule has 0 atom stereocenters.